The first-order valence-corrected chi connectivity index (χ1v) is 8.93. The molecule has 1 aliphatic rings. The molecular weight excluding hydrogens is 390 g/mol. The van der Waals surface area contributed by atoms with Crippen LogP contribution < -0.4 is 25.4 Å². The third-order valence-electron chi connectivity index (χ3n) is 4.50. The molecule has 0 aliphatic carbocycles. The summed E-state index contributed by atoms with van der Waals surface area (Å²) in [4.78, 5) is 49.8. The molecule has 4 amide bonds. The predicted molar refractivity (Wildman–Crippen MR) is 106 cm³/mol. The minimum absolute atomic E-state index is 0.0649. The zero-order valence-corrected chi connectivity index (χ0v) is 16.2. The number of hydrogen-bond acceptors (Lipinski definition) is 7. The average Bonchev–Trinajstić information content (AvgIpc) is 2.73. The number of nitrogens with zero attached hydrogens (tertiary/aromatic N) is 1. The number of barbiturate groups is 1. The summed E-state index contributed by atoms with van der Waals surface area (Å²) in [5.74, 6) is -3.68. The molecule has 0 spiro atoms. The summed E-state index contributed by atoms with van der Waals surface area (Å²) in [5.41, 5.74) is 0.743. The summed E-state index contributed by atoms with van der Waals surface area (Å²) < 4.78 is 5.07. The highest BCUT2D eigenvalue weighted by atomic mass is 16.5. The van der Waals surface area contributed by atoms with Crippen LogP contribution in [0, 0.1) is 5.92 Å². The van der Waals surface area contributed by atoms with E-state index >= 15 is 0 Å². The minimum atomic E-state index is -1.36. The number of benzene rings is 2. The van der Waals surface area contributed by atoms with Crippen molar-refractivity contribution < 1.29 is 29.0 Å². The van der Waals surface area contributed by atoms with E-state index in [-0.39, 0.29) is 16.9 Å². The highest BCUT2D eigenvalue weighted by Crippen LogP contribution is 2.27. The van der Waals surface area contributed by atoms with E-state index in [2.05, 4.69) is 10.6 Å². The number of anilines is 2. The molecule has 2 N–H and O–H groups in total. The molecule has 154 valence electrons. The second-order valence-electron chi connectivity index (χ2n) is 6.34. The van der Waals surface area contributed by atoms with Gasteiger partial charge in [0.25, 0.3) is 5.91 Å². The second-order valence-corrected chi connectivity index (χ2v) is 6.34. The molecule has 1 fully saturated rings. The van der Waals surface area contributed by atoms with Crippen LogP contribution in [0.5, 0.6) is 5.75 Å². The predicted octanol–water partition coefficient (Wildman–Crippen LogP) is 1.27. The van der Waals surface area contributed by atoms with Gasteiger partial charge in [-0.2, -0.15) is 0 Å². The molecule has 9 heteroatoms. The van der Waals surface area contributed by atoms with Crippen molar-refractivity contribution in [1.82, 2.24) is 5.32 Å². The summed E-state index contributed by atoms with van der Waals surface area (Å²) in [5, 5.41) is 16.1. The number of carbonyl (C=O) groups excluding carboxylic acids is 4. The summed E-state index contributed by atoms with van der Waals surface area (Å²) in [6, 6.07) is 11.1. The van der Waals surface area contributed by atoms with E-state index < -0.39 is 29.7 Å². The van der Waals surface area contributed by atoms with Crippen LogP contribution in [-0.2, 0) is 9.59 Å². The summed E-state index contributed by atoms with van der Waals surface area (Å²) in [7, 11) is 1.49. The molecule has 0 saturated carbocycles. The number of aromatic carboxylic acids is 1. The van der Waals surface area contributed by atoms with E-state index in [1.807, 2.05) is 0 Å². The topological polar surface area (TPSA) is 128 Å². The lowest BCUT2D eigenvalue weighted by molar-refractivity contribution is -0.255. The van der Waals surface area contributed by atoms with Gasteiger partial charge < -0.3 is 20.0 Å². The second kappa shape index (κ2) is 8.48. The first kappa shape index (κ1) is 20.6. The number of methoxy groups -OCH3 is 1. The van der Waals surface area contributed by atoms with E-state index in [0.717, 1.165) is 4.90 Å². The van der Waals surface area contributed by atoms with E-state index in [0.29, 0.717) is 11.4 Å². The highest BCUT2D eigenvalue weighted by molar-refractivity contribution is 6.29. The van der Waals surface area contributed by atoms with Gasteiger partial charge in [-0.25, -0.2) is 9.69 Å². The minimum Gasteiger partial charge on any atom is -0.545 e. The lowest BCUT2D eigenvalue weighted by Crippen LogP contribution is -2.59. The number of rotatable bonds is 6. The number of carboxylic acid groups (broad SMARTS) is 1. The Kier molecular flexibility index (Phi) is 5.82. The van der Waals surface area contributed by atoms with E-state index in [1.54, 1.807) is 25.1 Å². The van der Waals surface area contributed by atoms with Crippen LogP contribution in [-0.4, -0.2) is 30.9 Å². The third kappa shape index (κ3) is 4.00. The van der Waals surface area contributed by atoms with Crippen LogP contribution in [0.15, 0.2) is 60.3 Å². The molecule has 0 radical (unpaired) electrons. The number of carbonyl (C=O) groups is 4. The van der Waals surface area contributed by atoms with Gasteiger partial charge in [0.05, 0.1) is 18.8 Å². The van der Waals surface area contributed by atoms with E-state index in [1.165, 1.54) is 43.5 Å². The van der Waals surface area contributed by atoms with Crippen LogP contribution in [0.25, 0.3) is 0 Å². The van der Waals surface area contributed by atoms with Gasteiger partial charge in [-0.1, -0.05) is 18.2 Å². The van der Waals surface area contributed by atoms with Crippen molar-refractivity contribution in [3.8, 4) is 5.75 Å². The smallest absolute Gasteiger partial charge is 0.335 e. The number of ether oxygens (including phenoxy) is 1. The van der Waals surface area contributed by atoms with Gasteiger partial charge in [0, 0.05) is 11.4 Å². The molecule has 1 saturated heterocycles. The number of allylic oxidation sites excluding steroid dienone is 1. The Morgan fingerprint density at radius 2 is 1.87 bits per heavy atom. The third-order valence-corrected chi connectivity index (χ3v) is 4.50. The van der Waals surface area contributed by atoms with Gasteiger partial charge in [0.1, 0.15) is 5.75 Å². The van der Waals surface area contributed by atoms with Gasteiger partial charge in [-0.3, -0.25) is 14.9 Å². The Morgan fingerprint density at radius 3 is 2.47 bits per heavy atom. The van der Waals surface area contributed by atoms with Crippen molar-refractivity contribution >= 4 is 35.2 Å². The molecular formula is C21H18N3O6-. The lowest BCUT2D eigenvalue weighted by Gasteiger charge is -2.31. The monoisotopic (exact) mass is 408 g/mol. The van der Waals surface area contributed by atoms with Crippen LogP contribution >= 0.6 is 0 Å². The standard InChI is InChI=1S/C21H19N3O6/c1-3-16(22-13-6-4-5-12(11-13)20(27)28)17-18(25)23-21(29)24(19(17)26)14-7-9-15(30-2)10-8-14/h3-11,17,22H,1-2H3,(H,27,28)(H,23,25,29)/p-1/b16-3-/t17-/m0/s1. The highest BCUT2D eigenvalue weighted by Gasteiger charge is 2.43. The molecule has 0 bridgehead atoms. The van der Waals surface area contributed by atoms with Crippen molar-refractivity contribution in [2.45, 2.75) is 6.92 Å². The van der Waals surface area contributed by atoms with Crippen LogP contribution in [0.3, 0.4) is 0 Å². The fourth-order valence-corrected chi connectivity index (χ4v) is 3.03. The van der Waals surface area contributed by atoms with E-state index in [4.69, 9.17) is 4.74 Å². The molecule has 0 unspecified atom stereocenters. The lowest BCUT2D eigenvalue weighted by atomic mass is 9.99. The number of urea groups is 1. The summed E-state index contributed by atoms with van der Waals surface area (Å²) in [6.45, 7) is 1.61. The van der Waals surface area contributed by atoms with Gasteiger partial charge in [0.15, 0.2) is 5.92 Å². The molecule has 3 rings (SSSR count). The zero-order chi connectivity index (χ0) is 21.8. The molecule has 2 aromatic carbocycles. The Labute approximate surface area is 171 Å². The first-order chi connectivity index (χ1) is 14.3. The van der Waals surface area contributed by atoms with Crippen molar-refractivity contribution in [1.29, 1.82) is 0 Å². The number of amides is 4. The number of imide groups is 2. The quantitative estimate of drug-likeness (QED) is 0.689. The maximum atomic E-state index is 13.1. The molecule has 1 aliphatic heterocycles. The fraction of sp³-hybridized carbons (Fsp3) is 0.143. The van der Waals surface area contributed by atoms with Crippen molar-refractivity contribution in [3.63, 3.8) is 0 Å². The number of nitrogens with one attached hydrogen (secondary N) is 2. The molecule has 0 aromatic heterocycles. The molecule has 1 heterocycles. The van der Waals surface area contributed by atoms with Crippen molar-refractivity contribution in [3.05, 3.63) is 65.9 Å². The zero-order valence-electron chi connectivity index (χ0n) is 16.2. The maximum Gasteiger partial charge on any atom is 0.335 e. The van der Waals surface area contributed by atoms with Gasteiger partial charge in [-0.15, -0.1) is 0 Å². The van der Waals surface area contributed by atoms with Gasteiger partial charge in [0.2, 0.25) is 5.91 Å². The van der Waals surface area contributed by atoms with Crippen LogP contribution in [0.1, 0.15) is 17.3 Å². The number of carboxylic acids is 1. The van der Waals surface area contributed by atoms with Crippen molar-refractivity contribution in [2.24, 2.45) is 5.92 Å². The van der Waals surface area contributed by atoms with Crippen LogP contribution in [0.2, 0.25) is 0 Å². The Bertz CT molecular complexity index is 1040. The van der Waals surface area contributed by atoms with E-state index in [9.17, 15) is 24.3 Å². The molecule has 2 aromatic rings. The summed E-state index contributed by atoms with van der Waals surface area (Å²) in [6.07, 6.45) is 1.51. The Morgan fingerprint density at radius 1 is 1.17 bits per heavy atom. The van der Waals surface area contributed by atoms with Crippen LogP contribution in [0.4, 0.5) is 16.2 Å². The maximum absolute atomic E-state index is 13.1. The van der Waals surface area contributed by atoms with Gasteiger partial charge >= 0.3 is 6.03 Å². The normalized spacial score (nSPS) is 16.9. The largest absolute Gasteiger partial charge is 0.545 e. The van der Waals surface area contributed by atoms with Crippen molar-refractivity contribution in [2.75, 3.05) is 17.3 Å². The molecule has 1 atom stereocenters. The first-order valence-electron chi connectivity index (χ1n) is 8.93. The SMILES string of the molecule is C/C=C(\Nc1cccc(C(=O)[O-])c1)[C@H]1C(=O)NC(=O)N(c2ccc(OC)cc2)C1=O. The summed E-state index contributed by atoms with van der Waals surface area (Å²) >= 11 is 0. The molecule has 9 nitrogen and oxygen atoms in total. The number of hydrogen-bond donors (Lipinski definition) is 2. The molecule has 30 heavy (non-hydrogen) atoms. The average molecular weight is 408 g/mol. The Hall–Kier alpha value is -4.14. The fourth-order valence-electron chi connectivity index (χ4n) is 3.03. The van der Waals surface area contributed by atoms with Gasteiger partial charge in [-0.05, 0) is 48.9 Å². The Balaban J connectivity index is 1.91.